The molecule has 0 atom stereocenters. The molecule has 0 saturated carbocycles. The van der Waals surface area contributed by atoms with Crippen LogP contribution in [0.4, 0.5) is 10.1 Å². The van der Waals surface area contributed by atoms with E-state index in [0.29, 0.717) is 0 Å². The van der Waals surface area contributed by atoms with Crippen LogP contribution in [0, 0.1) is 5.82 Å². The SMILES string of the molecule is CNCc1cc(F)ccc1N1CCCC1. The molecule has 15 heavy (non-hydrogen) atoms. The zero-order valence-corrected chi connectivity index (χ0v) is 9.09. The lowest BCUT2D eigenvalue weighted by molar-refractivity contribution is 0.623. The maximum absolute atomic E-state index is 13.1. The van der Waals surface area contributed by atoms with Gasteiger partial charge in [0.2, 0.25) is 0 Å². The van der Waals surface area contributed by atoms with Crippen LogP contribution < -0.4 is 10.2 Å². The molecule has 0 amide bonds. The smallest absolute Gasteiger partial charge is 0.123 e. The van der Waals surface area contributed by atoms with E-state index in [-0.39, 0.29) is 5.82 Å². The molecule has 1 N–H and O–H groups in total. The van der Waals surface area contributed by atoms with Crippen LogP contribution in [0.3, 0.4) is 0 Å². The predicted octanol–water partition coefficient (Wildman–Crippen LogP) is 2.15. The van der Waals surface area contributed by atoms with Gasteiger partial charge >= 0.3 is 0 Å². The van der Waals surface area contributed by atoms with Crippen molar-refractivity contribution in [2.75, 3.05) is 25.0 Å². The van der Waals surface area contributed by atoms with Gasteiger partial charge in [-0.2, -0.15) is 0 Å². The van der Waals surface area contributed by atoms with Crippen LogP contribution >= 0.6 is 0 Å². The maximum atomic E-state index is 13.1. The van der Waals surface area contributed by atoms with Gasteiger partial charge in [-0.3, -0.25) is 0 Å². The van der Waals surface area contributed by atoms with Crippen LogP contribution in [0.2, 0.25) is 0 Å². The predicted molar refractivity (Wildman–Crippen MR) is 60.6 cm³/mol. The van der Waals surface area contributed by atoms with Crippen molar-refractivity contribution in [1.29, 1.82) is 0 Å². The molecule has 2 rings (SSSR count). The van der Waals surface area contributed by atoms with Gasteiger partial charge in [-0.1, -0.05) is 0 Å². The Labute approximate surface area is 90.1 Å². The number of nitrogens with one attached hydrogen (secondary N) is 1. The number of nitrogens with zero attached hydrogens (tertiary/aromatic N) is 1. The fraction of sp³-hybridized carbons (Fsp3) is 0.500. The van der Waals surface area contributed by atoms with E-state index in [0.717, 1.165) is 25.2 Å². The van der Waals surface area contributed by atoms with Crippen LogP contribution in [-0.2, 0) is 6.54 Å². The third-order valence-corrected chi connectivity index (χ3v) is 2.86. The number of halogens is 1. The lowest BCUT2D eigenvalue weighted by Crippen LogP contribution is -2.20. The molecule has 1 aliphatic heterocycles. The minimum absolute atomic E-state index is 0.150. The zero-order valence-electron chi connectivity index (χ0n) is 9.09. The van der Waals surface area contributed by atoms with Gasteiger partial charge < -0.3 is 10.2 Å². The molecular formula is C12H17FN2. The number of benzene rings is 1. The topological polar surface area (TPSA) is 15.3 Å². The van der Waals surface area contributed by atoms with E-state index >= 15 is 0 Å². The average Bonchev–Trinajstić information content (AvgIpc) is 2.71. The summed E-state index contributed by atoms with van der Waals surface area (Å²) in [4.78, 5) is 2.34. The van der Waals surface area contributed by atoms with E-state index in [2.05, 4.69) is 10.2 Å². The molecular weight excluding hydrogens is 191 g/mol. The lowest BCUT2D eigenvalue weighted by atomic mass is 10.1. The second-order valence-corrected chi connectivity index (χ2v) is 4.00. The fourth-order valence-electron chi connectivity index (χ4n) is 2.15. The van der Waals surface area contributed by atoms with Crippen molar-refractivity contribution in [3.05, 3.63) is 29.6 Å². The highest BCUT2D eigenvalue weighted by Gasteiger charge is 2.15. The van der Waals surface area contributed by atoms with Crippen molar-refractivity contribution in [2.24, 2.45) is 0 Å². The van der Waals surface area contributed by atoms with Crippen molar-refractivity contribution in [2.45, 2.75) is 19.4 Å². The molecule has 3 heteroatoms. The largest absolute Gasteiger partial charge is 0.371 e. The Morgan fingerprint density at radius 3 is 2.73 bits per heavy atom. The molecule has 2 nitrogen and oxygen atoms in total. The number of anilines is 1. The number of hydrogen-bond donors (Lipinski definition) is 1. The first kappa shape index (κ1) is 10.4. The van der Waals surface area contributed by atoms with Gasteiger partial charge in [0.05, 0.1) is 0 Å². The molecule has 0 bridgehead atoms. The summed E-state index contributed by atoms with van der Waals surface area (Å²) in [6.07, 6.45) is 2.49. The first-order chi connectivity index (χ1) is 7.31. The highest BCUT2D eigenvalue weighted by atomic mass is 19.1. The maximum Gasteiger partial charge on any atom is 0.123 e. The zero-order chi connectivity index (χ0) is 10.7. The Kier molecular flexibility index (Phi) is 3.21. The van der Waals surface area contributed by atoms with Gasteiger partial charge in [-0.15, -0.1) is 0 Å². The summed E-state index contributed by atoms with van der Waals surface area (Å²) in [6.45, 7) is 2.92. The third kappa shape index (κ3) is 2.29. The molecule has 82 valence electrons. The first-order valence-electron chi connectivity index (χ1n) is 5.49. The van der Waals surface area contributed by atoms with Gasteiger partial charge in [-0.25, -0.2) is 4.39 Å². The van der Waals surface area contributed by atoms with E-state index in [4.69, 9.17) is 0 Å². The van der Waals surface area contributed by atoms with Gasteiger partial charge in [0.25, 0.3) is 0 Å². The van der Waals surface area contributed by atoms with Crippen LogP contribution in [0.1, 0.15) is 18.4 Å². The van der Waals surface area contributed by atoms with Gasteiger partial charge in [0.1, 0.15) is 5.82 Å². The Morgan fingerprint density at radius 1 is 1.33 bits per heavy atom. The second-order valence-electron chi connectivity index (χ2n) is 4.00. The monoisotopic (exact) mass is 208 g/mol. The molecule has 0 radical (unpaired) electrons. The van der Waals surface area contributed by atoms with Crippen LogP contribution in [0.15, 0.2) is 18.2 Å². The molecule has 0 aliphatic carbocycles. The van der Waals surface area contributed by atoms with Gasteiger partial charge in [0, 0.05) is 25.3 Å². The van der Waals surface area contributed by atoms with E-state index in [1.165, 1.54) is 18.5 Å². The summed E-state index contributed by atoms with van der Waals surface area (Å²) in [6, 6.07) is 5.07. The normalized spacial score (nSPS) is 16.0. The second kappa shape index (κ2) is 4.62. The Hall–Kier alpha value is -1.09. The molecule has 1 aromatic rings. The molecule has 1 saturated heterocycles. The Morgan fingerprint density at radius 2 is 2.07 bits per heavy atom. The molecule has 1 aromatic carbocycles. The minimum Gasteiger partial charge on any atom is -0.371 e. The highest BCUT2D eigenvalue weighted by Crippen LogP contribution is 2.25. The van der Waals surface area contributed by atoms with E-state index in [9.17, 15) is 4.39 Å². The fourth-order valence-corrected chi connectivity index (χ4v) is 2.15. The van der Waals surface area contributed by atoms with Crippen LogP contribution in [0.25, 0.3) is 0 Å². The Bertz CT molecular complexity index is 332. The molecule has 0 spiro atoms. The van der Waals surface area contributed by atoms with E-state index < -0.39 is 0 Å². The first-order valence-corrected chi connectivity index (χ1v) is 5.49. The Balaban J connectivity index is 2.27. The molecule has 1 heterocycles. The lowest BCUT2D eigenvalue weighted by Gasteiger charge is -2.21. The molecule has 0 unspecified atom stereocenters. The number of hydrogen-bond acceptors (Lipinski definition) is 2. The molecule has 1 fully saturated rings. The van der Waals surface area contributed by atoms with Crippen molar-refractivity contribution in [3.8, 4) is 0 Å². The summed E-state index contributed by atoms with van der Waals surface area (Å²) >= 11 is 0. The van der Waals surface area contributed by atoms with Gasteiger partial charge in [-0.05, 0) is 43.7 Å². The quantitative estimate of drug-likeness (QED) is 0.818. The van der Waals surface area contributed by atoms with Crippen molar-refractivity contribution in [1.82, 2.24) is 5.32 Å². The summed E-state index contributed by atoms with van der Waals surface area (Å²) in [5, 5.41) is 3.08. The summed E-state index contributed by atoms with van der Waals surface area (Å²) in [5.41, 5.74) is 2.24. The van der Waals surface area contributed by atoms with Crippen molar-refractivity contribution < 1.29 is 4.39 Å². The van der Waals surface area contributed by atoms with E-state index in [1.807, 2.05) is 13.1 Å². The standard InChI is InChI=1S/C12H17FN2/c1-14-9-10-8-11(13)4-5-12(10)15-6-2-3-7-15/h4-5,8,14H,2-3,6-7,9H2,1H3. The summed E-state index contributed by atoms with van der Waals surface area (Å²) in [5.74, 6) is -0.150. The van der Waals surface area contributed by atoms with Crippen LogP contribution in [-0.4, -0.2) is 20.1 Å². The van der Waals surface area contributed by atoms with Crippen LogP contribution in [0.5, 0.6) is 0 Å². The summed E-state index contributed by atoms with van der Waals surface area (Å²) < 4.78 is 13.1. The van der Waals surface area contributed by atoms with Gasteiger partial charge in [0.15, 0.2) is 0 Å². The summed E-state index contributed by atoms with van der Waals surface area (Å²) in [7, 11) is 1.89. The average molecular weight is 208 g/mol. The van der Waals surface area contributed by atoms with E-state index in [1.54, 1.807) is 12.1 Å². The third-order valence-electron chi connectivity index (χ3n) is 2.86. The number of rotatable bonds is 3. The minimum atomic E-state index is -0.150. The molecule has 0 aromatic heterocycles. The highest BCUT2D eigenvalue weighted by molar-refractivity contribution is 5.54. The van der Waals surface area contributed by atoms with Crippen molar-refractivity contribution in [3.63, 3.8) is 0 Å². The molecule has 1 aliphatic rings. The van der Waals surface area contributed by atoms with Crippen molar-refractivity contribution >= 4 is 5.69 Å².